The fourth-order valence-corrected chi connectivity index (χ4v) is 8.01. The second-order valence-corrected chi connectivity index (χ2v) is 9.62. The Morgan fingerprint density at radius 3 is 2.00 bits per heavy atom. The second kappa shape index (κ2) is 6.44. The van der Waals surface area contributed by atoms with Crippen molar-refractivity contribution in [3.63, 3.8) is 0 Å². The molecular formula is C23H25O3P. The monoisotopic (exact) mass is 380 g/mol. The van der Waals surface area contributed by atoms with E-state index >= 15 is 0 Å². The highest BCUT2D eigenvalue weighted by Gasteiger charge is 2.63. The first kappa shape index (κ1) is 17.4. The standard InChI is InChI=1S/C23H25O3P/c1-3-25-27(24,26-4-2)23-20(15-10-6-5-7-11-15)21-18-14-19(22(21)23)17-13-9-8-12-16(17)18/h5-13,18-19,21-22H,3-4,14H2,1-2H3/t18-,19+,21+,22+/m0/s1. The Labute approximate surface area is 160 Å². The maximum Gasteiger partial charge on any atom is 0.357 e. The molecule has 0 heterocycles. The van der Waals surface area contributed by atoms with Crippen LogP contribution in [0.1, 0.15) is 48.8 Å². The third-order valence-corrected chi connectivity index (χ3v) is 8.79. The van der Waals surface area contributed by atoms with Gasteiger partial charge in [0.15, 0.2) is 0 Å². The van der Waals surface area contributed by atoms with E-state index in [4.69, 9.17) is 9.05 Å². The molecule has 3 aliphatic carbocycles. The SMILES string of the molecule is CCOP(=O)(OCC)C1=C(c2ccccc2)[C@@H]2[C@H]1[C@@H]1C[C@H]2c2ccccc21. The summed E-state index contributed by atoms with van der Waals surface area (Å²) in [5.41, 5.74) is 5.30. The van der Waals surface area contributed by atoms with E-state index in [9.17, 15) is 4.57 Å². The maximum atomic E-state index is 13.8. The van der Waals surface area contributed by atoms with E-state index in [1.165, 1.54) is 22.3 Å². The van der Waals surface area contributed by atoms with Crippen LogP contribution in [-0.4, -0.2) is 13.2 Å². The largest absolute Gasteiger partial charge is 0.357 e. The molecule has 0 spiro atoms. The third kappa shape index (κ3) is 2.38. The molecule has 4 atom stereocenters. The maximum absolute atomic E-state index is 13.8. The number of fused-ring (bicyclic) bond motifs is 8. The molecule has 2 aromatic rings. The molecule has 0 saturated heterocycles. The van der Waals surface area contributed by atoms with Gasteiger partial charge >= 0.3 is 7.60 Å². The molecule has 0 amide bonds. The summed E-state index contributed by atoms with van der Waals surface area (Å²) in [5.74, 6) is 1.67. The van der Waals surface area contributed by atoms with Gasteiger partial charge in [0.05, 0.1) is 18.5 Å². The van der Waals surface area contributed by atoms with Crippen molar-refractivity contribution in [1.29, 1.82) is 0 Å². The molecule has 27 heavy (non-hydrogen) atoms. The number of hydrogen-bond acceptors (Lipinski definition) is 3. The van der Waals surface area contributed by atoms with Crippen molar-refractivity contribution in [3.05, 3.63) is 76.6 Å². The van der Waals surface area contributed by atoms with E-state index in [0.29, 0.717) is 31.0 Å². The zero-order chi connectivity index (χ0) is 18.6. The highest BCUT2D eigenvalue weighted by atomic mass is 31.2. The Morgan fingerprint density at radius 2 is 1.41 bits per heavy atom. The van der Waals surface area contributed by atoms with Crippen LogP contribution in [0.5, 0.6) is 0 Å². The van der Waals surface area contributed by atoms with Crippen molar-refractivity contribution in [2.75, 3.05) is 13.2 Å². The van der Waals surface area contributed by atoms with Crippen LogP contribution in [0.3, 0.4) is 0 Å². The third-order valence-electron chi connectivity index (χ3n) is 6.46. The van der Waals surface area contributed by atoms with Crippen LogP contribution >= 0.6 is 7.60 Å². The van der Waals surface area contributed by atoms with Crippen LogP contribution in [-0.2, 0) is 13.6 Å². The number of benzene rings is 2. The van der Waals surface area contributed by atoms with Crippen LogP contribution < -0.4 is 0 Å². The van der Waals surface area contributed by atoms with Gasteiger partial charge in [-0.1, -0.05) is 54.6 Å². The Balaban J connectivity index is 1.68. The lowest BCUT2D eigenvalue weighted by atomic mass is 9.63. The number of rotatable bonds is 6. The van der Waals surface area contributed by atoms with Gasteiger partial charge in [0.25, 0.3) is 0 Å². The zero-order valence-corrected chi connectivity index (χ0v) is 16.7. The first-order chi connectivity index (χ1) is 13.2. The van der Waals surface area contributed by atoms with Crippen LogP contribution in [0.2, 0.25) is 0 Å². The lowest BCUT2D eigenvalue weighted by molar-refractivity contribution is 0.218. The van der Waals surface area contributed by atoms with Gasteiger partial charge in [-0.05, 0) is 60.3 Å². The molecule has 0 aliphatic heterocycles. The van der Waals surface area contributed by atoms with Gasteiger partial charge in [-0.3, -0.25) is 4.57 Å². The highest BCUT2D eigenvalue weighted by molar-refractivity contribution is 7.59. The quantitative estimate of drug-likeness (QED) is 0.560. The molecule has 3 nitrogen and oxygen atoms in total. The normalized spacial score (nSPS) is 28.1. The molecule has 1 fully saturated rings. The van der Waals surface area contributed by atoms with E-state index in [2.05, 4.69) is 48.5 Å². The van der Waals surface area contributed by atoms with E-state index in [1.807, 2.05) is 19.9 Å². The Hall–Kier alpha value is -1.67. The van der Waals surface area contributed by atoms with Gasteiger partial charge in [-0.2, -0.15) is 0 Å². The highest BCUT2D eigenvalue weighted by Crippen LogP contribution is 2.78. The van der Waals surface area contributed by atoms with Crippen molar-refractivity contribution >= 4 is 13.2 Å². The van der Waals surface area contributed by atoms with Crippen LogP contribution in [0.15, 0.2) is 59.9 Å². The minimum atomic E-state index is -3.28. The average Bonchev–Trinajstić information content (AvgIpc) is 3.16. The van der Waals surface area contributed by atoms with Gasteiger partial charge in [-0.15, -0.1) is 0 Å². The average molecular weight is 380 g/mol. The van der Waals surface area contributed by atoms with Gasteiger partial charge < -0.3 is 9.05 Å². The van der Waals surface area contributed by atoms with E-state index < -0.39 is 7.60 Å². The van der Waals surface area contributed by atoms with Crippen molar-refractivity contribution in [2.24, 2.45) is 11.8 Å². The summed E-state index contributed by atoms with van der Waals surface area (Å²) >= 11 is 0. The molecule has 5 rings (SSSR count). The zero-order valence-electron chi connectivity index (χ0n) is 15.8. The Morgan fingerprint density at radius 1 is 0.852 bits per heavy atom. The lowest BCUT2D eigenvalue weighted by Gasteiger charge is -2.47. The summed E-state index contributed by atoms with van der Waals surface area (Å²) in [6.45, 7) is 4.57. The van der Waals surface area contributed by atoms with Crippen molar-refractivity contribution in [2.45, 2.75) is 32.1 Å². The minimum Gasteiger partial charge on any atom is -0.306 e. The topological polar surface area (TPSA) is 35.5 Å². The Bertz CT molecular complexity index is 939. The summed E-state index contributed by atoms with van der Waals surface area (Å²) in [6.07, 6.45) is 1.15. The summed E-state index contributed by atoms with van der Waals surface area (Å²) in [6, 6.07) is 19.2. The van der Waals surface area contributed by atoms with Crippen LogP contribution in [0, 0.1) is 11.8 Å². The molecule has 0 N–H and O–H groups in total. The molecule has 0 aromatic heterocycles. The smallest absolute Gasteiger partial charge is 0.306 e. The fourth-order valence-electron chi connectivity index (χ4n) is 5.69. The molecule has 3 aliphatic rings. The van der Waals surface area contributed by atoms with E-state index in [-0.39, 0.29) is 5.92 Å². The molecule has 1 saturated carbocycles. The second-order valence-electron chi connectivity index (χ2n) is 7.63. The van der Waals surface area contributed by atoms with E-state index in [0.717, 1.165) is 11.7 Å². The molecule has 4 heteroatoms. The van der Waals surface area contributed by atoms with Crippen molar-refractivity contribution in [1.82, 2.24) is 0 Å². The van der Waals surface area contributed by atoms with Crippen LogP contribution in [0.4, 0.5) is 0 Å². The first-order valence-electron chi connectivity index (χ1n) is 9.97. The molecule has 0 radical (unpaired) electrons. The molecule has 2 bridgehead atoms. The summed E-state index contributed by atoms with van der Waals surface area (Å²) in [7, 11) is -3.28. The number of hydrogen-bond donors (Lipinski definition) is 0. The lowest BCUT2D eigenvalue weighted by Crippen LogP contribution is -2.35. The number of allylic oxidation sites excluding steroid dienone is 2. The molecular weight excluding hydrogens is 355 g/mol. The van der Waals surface area contributed by atoms with Crippen molar-refractivity contribution < 1.29 is 13.6 Å². The van der Waals surface area contributed by atoms with Gasteiger partial charge in [0, 0.05) is 5.92 Å². The molecule has 0 unspecified atom stereocenters. The van der Waals surface area contributed by atoms with E-state index in [1.54, 1.807) is 0 Å². The van der Waals surface area contributed by atoms with Crippen molar-refractivity contribution in [3.8, 4) is 0 Å². The molecule has 140 valence electrons. The predicted molar refractivity (Wildman–Crippen MR) is 108 cm³/mol. The predicted octanol–water partition coefficient (Wildman–Crippen LogP) is 6.19. The van der Waals surface area contributed by atoms with Gasteiger partial charge in [0.1, 0.15) is 0 Å². The van der Waals surface area contributed by atoms with Gasteiger partial charge in [0.2, 0.25) is 0 Å². The van der Waals surface area contributed by atoms with Crippen LogP contribution in [0.25, 0.3) is 5.57 Å². The first-order valence-corrected chi connectivity index (χ1v) is 11.5. The minimum absolute atomic E-state index is 0.282. The summed E-state index contributed by atoms with van der Waals surface area (Å²) < 4.78 is 25.4. The Kier molecular flexibility index (Phi) is 4.16. The molecule has 2 aromatic carbocycles. The fraction of sp³-hybridized carbons (Fsp3) is 0.391. The summed E-state index contributed by atoms with van der Waals surface area (Å²) in [4.78, 5) is 0. The van der Waals surface area contributed by atoms with Gasteiger partial charge in [-0.25, -0.2) is 0 Å². The summed E-state index contributed by atoms with van der Waals surface area (Å²) in [5, 5.41) is 0.949.